The molecule has 1 aromatic carbocycles. The van der Waals surface area contributed by atoms with Crippen molar-refractivity contribution in [2.45, 2.75) is 50.2 Å². The highest BCUT2D eigenvalue weighted by atomic mass is 32.2. The monoisotopic (exact) mass is 424 g/mol. The standard InChI is InChI=1S/C23H28N4O2S/c1-14-12-13-27(18-8-6-7-9-19(18)30-14)20(28)11-10-17-15(2)21-22(24-16(17)3)26(4)25-23(21)29-5/h6-9,14H,10-13H2,1-5H3/t14-/m1/s1. The summed E-state index contributed by atoms with van der Waals surface area (Å²) in [7, 11) is 3.50. The van der Waals surface area contributed by atoms with Crippen LogP contribution in [0.3, 0.4) is 0 Å². The summed E-state index contributed by atoms with van der Waals surface area (Å²) in [6.07, 6.45) is 2.09. The second-order valence-electron chi connectivity index (χ2n) is 7.86. The second kappa shape index (κ2) is 8.30. The number of hydrogen-bond donors (Lipinski definition) is 0. The van der Waals surface area contributed by atoms with Crippen molar-refractivity contribution in [1.82, 2.24) is 14.8 Å². The van der Waals surface area contributed by atoms with Crippen LogP contribution in [0, 0.1) is 13.8 Å². The van der Waals surface area contributed by atoms with E-state index >= 15 is 0 Å². The van der Waals surface area contributed by atoms with E-state index in [1.54, 1.807) is 11.8 Å². The predicted molar refractivity (Wildman–Crippen MR) is 122 cm³/mol. The van der Waals surface area contributed by atoms with Crippen molar-refractivity contribution in [3.8, 4) is 5.88 Å². The molecular weight excluding hydrogens is 396 g/mol. The Hall–Kier alpha value is -2.54. The zero-order chi connectivity index (χ0) is 21.4. The number of methoxy groups -OCH3 is 1. The number of carbonyl (C=O) groups is 1. The average Bonchev–Trinajstić information content (AvgIpc) is 2.93. The third kappa shape index (κ3) is 3.67. The molecule has 158 valence electrons. The van der Waals surface area contributed by atoms with E-state index in [0.29, 0.717) is 24.0 Å². The number of para-hydroxylation sites is 1. The molecule has 3 heterocycles. The highest BCUT2D eigenvalue weighted by molar-refractivity contribution is 8.00. The second-order valence-corrected chi connectivity index (χ2v) is 9.34. The molecule has 1 atom stereocenters. The lowest BCUT2D eigenvalue weighted by molar-refractivity contribution is -0.118. The van der Waals surface area contributed by atoms with Gasteiger partial charge in [-0.25, -0.2) is 9.67 Å². The first-order valence-corrected chi connectivity index (χ1v) is 11.2. The van der Waals surface area contributed by atoms with Crippen LogP contribution < -0.4 is 9.64 Å². The number of benzene rings is 1. The van der Waals surface area contributed by atoms with Gasteiger partial charge in [0.1, 0.15) is 0 Å². The van der Waals surface area contributed by atoms with Gasteiger partial charge in [-0.1, -0.05) is 19.1 Å². The Morgan fingerprint density at radius 2 is 2.07 bits per heavy atom. The first kappa shape index (κ1) is 20.7. The van der Waals surface area contributed by atoms with Crippen LogP contribution in [0.2, 0.25) is 0 Å². The van der Waals surface area contributed by atoms with E-state index in [1.165, 1.54) is 4.90 Å². The maximum absolute atomic E-state index is 13.3. The van der Waals surface area contributed by atoms with Gasteiger partial charge in [0.25, 0.3) is 0 Å². The molecule has 7 heteroatoms. The number of nitrogens with zero attached hydrogens (tertiary/aromatic N) is 4. The highest BCUT2D eigenvalue weighted by Gasteiger charge is 2.25. The van der Waals surface area contributed by atoms with Crippen LogP contribution in [0.4, 0.5) is 5.69 Å². The Bertz CT molecular complexity index is 1110. The van der Waals surface area contributed by atoms with E-state index in [2.05, 4.69) is 31.1 Å². The van der Waals surface area contributed by atoms with Crippen LogP contribution in [-0.2, 0) is 18.3 Å². The largest absolute Gasteiger partial charge is 0.479 e. The Morgan fingerprint density at radius 1 is 1.30 bits per heavy atom. The van der Waals surface area contributed by atoms with Crippen molar-refractivity contribution < 1.29 is 9.53 Å². The number of hydrogen-bond acceptors (Lipinski definition) is 5. The molecule has 6 nitrogen and oxygen atoms in total. The fourth-order valence-electron chi connectivity index (χ4n) is 4.22. The van der Waals surface area contributed by atoms with Crippen molar-refractivity contribution in [1.29, 1.82) is 0 Å². The molecule has 0 N–H and O–H groups in total. The molecule has 4 rings (SSSR count). The van der Waals surface area contributed by atoms with Gasteiger partial charge < -0.3 is 9.64 Å². The number of pyridine rings is 1. The fourth-order valence-corrected chi connectivity index (χ4v) is 5.33. The lowest BCUT2D eigenvalue weighted by atomic mass is 9.99. The first-order chi connectivity index (χ1) is 14.4. The van der Waals surface area contributed by atoms with E-state index < -0.39 is 0 Å². The normalized spacial score (nSPS) is 16.4. The Morgan fingerprint density at radius 3 is 2.83 bits per heavy atom. The van der Waals surface area contributed by atoms with Crippen molar-refractivity contribution in [2.24, 2.45) is 7.05 Å². The summed E-state index contributed by atoms with van der Waals surface area (Å²) in [5.74, 6) is 0.742. The molecule has 1 aliphatic rings. The maximum atomic E-state index is 13.3. The number of anilines is 1. The molecule has 3 aromatic rings. The van der Waals surface area contributed by atoms with Crippen LogP contribution >= 0.6 is 11.8 Å². The van der Waals surface area contributed by atoms with Crippen molar-refractivity contribution in [3.63, 3.8) is 0 Å². The molecule has 1 aliphatic heterocycles. The summed E-state index contributed by atoms with van der Waals surface area (Å²) in [5, 5.41) is 5.84. The molecule has 0 aliphatic carbocycles. The number of fused-ring (bicyclic) bond motifs is 2. The minimum absolute atomic E-state index is 0.161. The molecule has 0 unspecified atom stereocenters. The molecule has 0 spiro atoms. The zero-order valence-corrected chi connectivity index (χ0v) is 19.0. The van der Waals surface area contributed by atoms with Crippen molar-refractivity contribution in [2.75, 3.05) is 18.6 Å². The molecule has 0 radical (unpaired) electrons. The SMILES string of the molecule is COc1nn(C)c2nc(C)c(CCC(=O)N3CC[C@@H](C)Sc4ccccc43)c(C)c12. The minimum Gasteiger partial charge on any atom is -0.479 e. The van der Waals surface area contributed by atoms with Crippen LogP contribution in [0.1, 0.15) is 36.6 Å². The average molecular weight is 425 g/mol. The number of aryl methyl sites for hydroxylation is 3. The predicted octanol–water partition coefficient (Wildman–Crippen LogP) is 4.44. The molecule has 0 saturated carbocycles. The first-order valence-electron chi connectivity index (χ1n) is 10.3. The highest BCUT2D eigenvalue weighted by Crippen LogP contribution is 2.38. The number of thioether (sulfide) groups is 1. The van der Waals surface area contributed by atoms with Crippen molar-refractivity contribution >= 4 is 34.4 Å². The quantitative estimate of drug-likeness (QED) is 0.619. The van der Waals surface area contributed by atoms with Gasteiger partial charge in [0, 0.05) is 35.9 Å². The summed E-state index contributed by atoms with van der Waals surface area (Å²) in [5.41, 5.74) is 4.99. The van der Waals surface area contributed by atoms with Gasteiger partial charge in [-0.2, -0.15) is 0 Å². The summed E-state index contributed by atoms with van der Waals surface area (Å²) in [4.78, 5) is 21.2. The van der Waals surface area contributed by atoms with E-state index in [1.807, 2.05) is 42.8 Å². The van der Waals surface area contributed by atoms with Crippen LogP contribution in [0.15, 0.2) is 29.2 Å². The molecule has 1 amide bonds. The van der Waals surface area contributed by atoms with E-state index in [4.69, 9.17) is 9.72 Å². The Labute approximate surface area is 181 Å². The van der Waals surface area contributed by atoms with Crippen LogP contribution in [-0.4, -0.2) is 39.6 Å². The van der Waals surface area contributed by atoms with E-state index in [9.17, 15) is 4.79 Å². The fraction of sp³-hybridized carbons (Fsp3) is 0.435. The molecule has 0 fully saturated rings. The summed E-state index contributed by atoms with van der Waals surface area (Å²) in [6, 6.07) is 8.23. The van der Waals surface area contributed by atoms with Crippen LogP contribution in [0.25, 0.3) is 11.0 Å². The minimum atomic E-state index is 0.161. The van der Waals surface area contributed by atoms with Crippen LogP contribution in [0.5, 0.6) is 5.88 Å². The Balaban J connectivity index is 1.61. The molecule has 30 heavy (non-hydrogen) atoms. The lowest BCUT2D eigenvalue weighted by Gasteiger charge is -2.23. The third-order valence-electron chi connectivity index (χ3n) is 5.85. The van der Waals surface area contributed by atoms with Gasteiger partial charge in [0.2, 0.25) is 11.8 Å². The maximum Gasteiger partial charge on any atom is 0.242 e. The van der Waals surface area contributed by atoms with Crippen molar-refractivity contribution in [3.05, 3.63) is 41.1 Å². The topological polar surface area (TPSA) is 60.2 Å². The zero-order valence-electron chi connectivity index (χ0n) is 18.2. The molecular formula is C23H28N4O2S. The molecule has 0 saturated heterocycles. The summed E-state index contributed by atoms with van der Waals surface area (Å²) in [6.45, 7) is 7.06. The summed E-state index contributed by atoms with van der Waals surface area (Å²) >= 11 is 1.85. The van der Waals surface area contributed by atoms with E-state index in [-0.39, 0.29) is 5.91 Å². The van der Waals surface area contributed by atoms with Gasteiger partial charge >= 0.3 is 0 Å². The van der Waals surface area contributed by atoms with Gasteiger partial charge in [0.05, 0.1) is 18.2 Å². The van der Waals surface area contributed by atoms with E-state index in [0.717, 1.165) is 46.5 Å². The van der Waals surface area contributed by atoms with Gasteiger partial charge in [0.15, 0.2) is 5.65 Å². The van der Waals surface area contributed by atoms with Gasteiger partial charge in [-0.15, -0.1) is 16.9 Å². The third-order valence-corrected chi connectivity index (χ3v) is 7.09. The number of rotatable bonds is 4. The smallest absolute Gasteiger partial charge is 0.242 e. The van der Waals surface area contributed by atoms with Gasteiger partial charge in [-0.3, -0.25) is 4.79 Å². The lowest BCUT2D eigenvalue weighted by Crippen LogP contribution is -2.32. The molecule has 2 aromatic heterocycles. The number of amides is 1. The number of aromatic nitrogens is 3. The summed E-state index contributed by atoms with van der Waals surface area (Å²) < 4.78 is 7.20. The van der Waals surface area contributed by atoms with Gasteiger partial charge in [-0.05, 0) is 49.9 Å². The number of carbonyl (C=O) groups excluding carboxylic acids is 1. The number of ether oxygens (including phenoxy) is 1. The molecule has 0 bridgehead atoms. The Kier molecular flexibility index (Phi) is 5.73.